The molecule has 0 radical (unpaired) electrons. The van der Waals surface area contributed by atoms with Gasteiger partial charge in [0.1, 0.15) is 0 Å². The van der Waals surface area contributed by atoms with E-state index in [2.05, 4.69) is 13.0 Å². The molecule has 0 heterocycles. The zero-order valence-corrected chi connectivity index (χ0v) is 6.89. The third kappa shape index (κ3) is 1.60. The van der Waals surface area contributed by atoms with Crippen LogP contribution >= 0.6 is 0 Å². The second-order valence-electron chi connectivity index (χ2n) is 2.83. The third-order valence-electron chi connectivity index (χ3n) is 2.25. The molecule has 10 heavy (non-hydrogen) atoms. The van der Waals surface area contributed by atoms with Crippen molar-refractivity contribution in [2.24, 2.45) is 0 Å². The van der Waals surface area contributed by atoms with Crippen molar-refractivity contribution in [2.45, 2.75) is 38.7 Å². The van der Waals surface area contributed by atoms with E-state index in [0.717, 1.165) is 0 Å². The molecule has 0 bridgehead atoms. The van der Waals surface area contributed by atoms with E-state index in [4.69, 9.17) is 4.74 Å². The summed E-state index contributed by atoms with van der Waals surface area (Å²) in [5, 5.41) is 0. The topological polar surface area (TPSA) is 9.23 Å². The molecule has 58 valence electrons. The van der Waals surface area contributed by atoms with Crippen LogP contribution in [0, 0.1) is 0 Å². The Hall–Kier alpha value is -0.300. The van der Waals surface area contributed by atoms with Crippen LogP contribution in [0.1, 0.15) is 32.6 Å². The van der Waals surface area contributed by atoms with Crippen LogP contribution in [0.25, 0.3) is 0 Å². The number of rotatable bonds is 1. The number of ether oxygens (including phenoxy) is 1. The van der Waals surface area contributed by atoms with Crippen molar-refractivity contribution in [3.8, 4) is 0 Å². The van der Waals surface area contributed by atoms with Crippen LogP contribution in [0.2, 0.25) is 0 Å². The summed E-state index contributed by atoms with van der Waals surface area (Å²) in [6.07, 6.45) is 7.77. The Kier molecular flexibility index (Phi) is 2.94. The third-order valence-corrected chi connectivity index (χ3v) is 2.25. The normalized spacial score (nSPS) is 31.0. The summed E-state index contributed by atoms with van der Waals surface area (Å²) in [7, 11) is 1.81. The maximum atomic E-state index is 5.33. The summed E-state index contributed by atoms with van der Waals surface area (Å²) in [4.78, 5) is 0. The highest BCUT2D eigenvalue weighted by Gasteiger charge is 2.16. The summed E-state index contributed by atoms with van der Waals surface area (Å²) in [5.74, 6) is 0. The number of allylic oxidation sites excluding steroid dienone is 1. The highest BCUT2D eigenvalue weighted by molar-refractivity contribution is 5.09. The Morgan fingerprint density at radius 3 is 2.80 bits per heavy atom. The first-order valence-corrected chi connectivity index (χ1v) is 4.06. The SMILES string of the molecule is C/C=C1\CCCCC1OC. The molecule has 0 N–H and O–H groups in total. The molecule has 1 aliphatic rings. The zero-order chi connectivity index (χ0) is 7.40. The molecule has 0 saturated heterocycles. The minimum Gasteiger partial charge on any atom is -0.377 e. The van der Waals surface area contributed by atoms with Crippen LogP contribution in [-0.4, -0.2) is 13.2 Å². The van der Waals surface area contributed by atoms with Gasteiger partial charge in [0.15, 0.2) is 0 Å². The summed E-state index contributed by atoms with van der Waals surface area (Å²) in [5.41, 5.74) is 1.49. The fourth-order valence-corrected chi connectivity index (χ4v) is 1.60. The van der Waals surface area contributed by atoms with Gasteiger partial charge in [0, 0.05) is 7.11 Å². The molecule has 1 atom stereocenters. The van der Waals surface area contributed by atoms with Crippen LogP contribution in [-0.2, 0) is 4.74 Å². The van der Waals surface area contributed by atoms with Crippen LogP contribution < -0.4 is 0 Å². The predicted molar refractivity (Wildman–Crippen MR) is 43.0 cm³/mol. The van der Waals surface area contributed by atoms with Gasteiger partial charge in [-0.25, -0.2) is 0 Å². The van der Waals surface area contributed by atoms with E-state index in [1.165, 1.54) is 31.3 Å². The van der Waals surface area contributed by atoms with Crippen LogP contribution in [0.4, 0.5) is 0 Å². The van der Waals surface area contributed by atoms with E-state index < -0.39 is 0 Å². The van der Waals surface area contributed by atoms with E-state index >= 15 is 0 Å². The molecular weight excluding hydrogens is 124 g/mol. The van der Waals surface area contributed by atoms with Crippen molar-refractivity contribution in [3.63, 3.8) is 0 Å². The molecule has 1 saturated carbocycles. The summed E-state index contributed by atoms with van der Waals surface area (Å²) < 4.78 is 5.33. The lowest BCUT2D eigenvalue weighted by Crippen LogP contribution is -2.17. The maximum absolute atomic E-state index is 5.33. The second kappa shape index (κ2) is 3.77. The van der Waals surface area contributed by atoms with Gasteiger partial charge in [0.2, 0.25) is 0 Å². The molecule has 0 aliphatic heterocycles. The average Bonchev–Trinajstić information content (AvgIpc) is 2.04. The average molecular weight is 140 g/mol. The largest absolute Gasteiger partial charge is 0.377 e. The predicted octanol–water partition coefficient (Wildman–Crippen LogP) is 2.52. The molecule has 0 aromatic carbocycles. The molecule has 1 aliphatic carbocycles. The molecule has 0 aromatic rings. The lowest BCUT2D eigenvalue weighted by molar-refractivity contribution is 0.109. The summed E-state index contributed by atoms with van der Waals surface area (Å²) in [6.45, 7) is 2.10. The van der Waals surface area contributed by atoms with Crippen LogP contribution in [0.5, 0.6) is 0 Å². The Labute approximate surface area is 63.1 Å². The standard InChI is InChI=1S/C9H16O/c1-3-8-6-4-5-7-9(8)10-2/h3,9H,4-7H2,1-2H3/b8-3+. The van der Waals surface area contributed by atoms with Crippen molar-refractivity contribution in [2.75, 3.05) is 7.11 Å². The van der Waals surface area contributed by atoms with E-state index in [9.17, 15) is 0 Å². The van der Waals surface area contributed by atoms with Crippen LogP contribution in [0.15, 0.2) is 11.6 Å². The smallest absolute Gasteiger partial charge is 0.0781 e. The van der Waals surface area contributed by atoms with Crippen molar-refractivity contribution < 1.29 is 4.74 Å². The molecular formula is C9H16O. The second-order valence-corrected chi connectivity index (χ2v) is 2.83. The van der Waals surface area contributed by atoms with Gasteiger partial charge in [-0.05, 0) is 31.8 Å². The molecule has 1 fully saturated rings. The van der Waals surface area contributed by atoms with Gasteiger partial charge in [-0.3, -0.25) is 0 Å². The number of methoxy groups -OCH3 is 1. The Bertz CT molecular complexity index is 127. The summed E-state index contributed by atoms with van der Waals surface area (Å²) >= 11 is 0. The number of hydrogen-bond acceptors (Lipinski definition) is 1. The Morgan fingerprint density at radius 2 is 2.30 bits per heavy atom. The molecule has 0 amide bonds. The molecule has 1 unspecified atom stereocenters. The first-order chi connectivity index (χ1) is 4.88. The molecule has 0 aromatic heterocycles. The Balaban J connectivity index is 2.50. The summed E-state index contributed by atoms with van der Waals surface area (Å²) in [6, 6.07) is 0. The Morgan fingerprint density at radius 1 is 1.50 bits per heavy atom. The first-order valence-electron chi connectivity index (χ1n) is 4.06. The van der Waals surface area contributed by atoms with Crippen molar-refractivity contribution in [1.82, 2.24) is 0 Å². The minimum absolute atomic E-state index is 0.429. The van der Waals surface area contributed by atoms with Gasteiger partial charge in [0.25, 0.3) is 0 Å². The van der Waals surface area contributed by atoms with Crippen LogP contribution in [0.3, 0.4) is 0 Å². The quantitative estimate of drug-likeness (QED) is 0.508. The van der Waals surface area contributed by atoms with Crippen molar-refractivity contribution in [1.29, 1.82) is 0 Å². The molecule has 0 spiro atoms. The van der Waals surface area contributed by atoms with Gasteiger partial charge in [0.05, 0.1) is 6.10 Å². The van der Waals surface area contributed by atoms with Crippen molar-refractivity contribution >= 4 is 0 Å². The number of hydrogen-bond donors (Lipinski definition) is 0. The maximum Gasteiger partial charge on any atom is 0.0781 e. The highest BCUT2D eigenvalue weighted by atomic mass is 16.5. The first kappa shape index (κ1) is 7.80. The fourth-order valence-electron chi connectivity index (χ4n) is 1.60. The van der Waals surface area contributed by atoms with Gasteiger partial charge in [-0.1, -0.05) is 12.5 Å². The van der Waals surface area contributed by atoms with E-state index in [1.54, 1.807) is 7.11 Å². The molecule has 1 nitrogen and oxygen atoms in total. The van der Waals surface area contributed by atoms with Gasteiger partial charge in [-0.2, -0.15) is 0 Å². The van der Waals surface area contributed by atoms with E-state index in [1.807, 2.05) is 0 Å². The minimum atomic E-state index is 0.429. The fraction of sp³-hybridized carbons (Fsp3) is 0.778. The van der Waals surface area contributed by atoms with Gasteiger partial charge in [-0.15, -0.1) is 0 Å². The highest BCUT2D eigenvalue weighted by Crippen LogP contribution is 2.25. The van der Waals surface area contributed by atoms with E-state index in [-0.39, 0.29) is 0 Å². The lowest BCUT2D eigenvalue weighted by Gasteiger charge is -2.23. The van der Waals surface area contributed by atoms with Gasteiger partial charge >= 0.3 is 0 Å². The monoisotopic (exact) mass is 140 g/mol. The van der Waals surface area contributed by atoms with Crippen molar-refractivity contribution in [3.05, 3.63) is 11.6 Å². The van der Waals surface area contributed by atoms with E-state index in [0.29, 0.717) is 6.10 Å². The van der Waals surface area contributed by atoms with Gasteiger partial charge < -0.3 is 4.74 Å². The zero-order valence-electron chi connectivity index (χ0n) is 6.89. The molecule has 1 heteroatoms. The molecule has 1 rings (SSSR count). The lowest BCUT2D eigenvalue weighted by atomic mass is 9.92.